The molecule has 0 aromatic heterocycles. The van der Waals surface area contributed by atoms with Crippen LogP contribution in [-0.4, -0.2) is 51.1 Å². The standard InChI is InChI=1S/C15H24N4O/c1-17-15(20)13-7-6-11(16)9-14(13)19(3)12-5-4-8-18(2)10-12/h6-7,9,12H,4-5,8,10,16H2,1-3H3,(H,17,20). The molecule has 2 rings (SSSR count). The maximum absolute atomic E-state index is 12.0. The molecule has 1 saturated heterocycles. The van der Waals surface area contributed by atoms with E-state index in [1.165, 1.54) is 6.42 Å². The van der Waals surface area contributed by atoms with Gasteiger partial charge in [0.25, 0.3) is 5.91 Å². The minimum absolute atomic E-state index is 0.0731. The van der Waals surface area contributed by atoms with Crippen LogP contribution in [0.25, 0.3) is 0 Å². The van der Waals surface area contributed by atoms with Gasteiger partial charge in [-0.25, -0.2) is 0 Å². The van der Waals surface area contributed by atoms with Crippen LogP contribution in [0.2, 0.25) is 0 Å². The Kier molecular flexibility index (Phi) is 4.49. The monoisotopic (exact) mass is 276 g/mol. The molecule has 1 aromatic carbocycles. The number of hydrogen-bond acceptors (Lipinski definition) is 4. The fourth-order valence-corrected chi connectivity index (χ4v) is 2.82. The first-order valence-corrected chi connectivity index (χ1v) is 7.06. The van der Waals surface area contributed by atoms with Crippen LogP contribution in [0.1, 0.15) is 23.2 Å². The number of rotatable bonds is 3. The zero-order chi connectivity index (χ0) is 14.7. The van der Waals surface area contributed by atoms with E-state index >= 15 is 0 Å². The first-order valence-electron chi connectivity index (χ1n) is 7.06. The number of nitrogens with zero attached hydrogens (tertiary/aromatic N) is 2. The highest BCUT2D eigenvalue weighted by atomic mass is 16.1. The third kappa shape index (κ3) is 3.04. The Morgan fingerprint density at radius 1 is 1.50 bits per heavy atom. The number of likely N-dealkylation sites (tertiary alicyclic amines) is 1. The lowest BCUT2D eigenvalue weighted by atomic mass is 10.0. The van der Waals surface area contributed by atoms with E-state index in [1.807, 2.05) is 13.1 Å². The molecule has 1 aliphatic heterocycles. The van der Waals surface area contributed by atoms with Gasteiger partial charge >= 0.3 is 0 Å². The van der Waals surface area contributed by atoms with Crippen molar-refractivity contribution in [2.45, 2.75) is 18.9 Å². The lowest BCUT2D eigenvalue weighted by Crippen LogP contribution is -2.45. The second-order valence-electron chi connectivity index (χ2n) is 5.52. The van der Waals surface area contributed by atoms with Crippen molar-refractivity contribution >= 4 is 17.3 Å². The Morgan fingerprint density at radius 2 is 2.25 bits per heavy atom. The molecule has 0 saturated carbocycles. The van der Waals surface area contributed by atoms with Gasteiger partial charge in [0.05, 0.1) is 11.3 Å². The topological polar surface area (TPSA) is 61.6 Å². The Labute approximate surface area is 120 Å². The van der Waals surface area contributed by atoms with Crippen molar-refractivity contribution in [1.29, 1.82) is 0 Å². The van der Waals surface area contributed by atoms with Crippen LogP contribution in [-0.2, 0) is 0 Å². The predicted octanol–water partition coefficient (Wildman–Crippen LogP) is 1.16. The third-order valence-electron chi connectivity index (χ3n) is 4.02. The Balaban J connectivity index is 2.30. The van der Waals surface area contributed by atoms with Crippen molar-refractivity contribution in [2.75, 3.05) is 44.9 Å². The zero-order valence-electron chi connectivity index (χ0n) is 12.5. The number of nitrogen functional groups attached to an aromatic ring is 1. The maximum Gasteiger partial charge on any atom is 0.253 e. The molecule has 20 heavy (non-hydrogen) atoms. The lowest BCUT2D eigenvalue weighted by Gasteiger charge is -2.37. The summed E-state index contributed by atoms with van der Waals surface area (Å²) < 4.78 is 0. The van der Waals surface area contributed by atoms with E-state index in [4.69, 9.17) is 5.73 Å². The molecule has 0 aliphatic carbocycles. The van der Waals surface area contributed by atoms with E-state index in [-0.39, 0.29) is 5.91 Å². The smallest absolute Gasteiger partial charge is 0.253 e. The average Bonchev–Trinajstić information content (AvgIpc) is 2.45. The highest BCUT2D eigenvalue weighted by molar-refractivity contribution is 6.00. The van der Waals surface area contributed by atoms with Gasteiger partial charge in [-0.1, -0.05) is 0 Å². The number of benzene rings is 1. The first-order chi connectivity index (χ1) is 9.52. The van der Waals surface area contributed by atoms with Crippen molar-refractivity contribution < 1.29 is 4.79 Å². The van der Waals surface area contributed by atoms with Crippen LogP contribution >= 0.6 is 0 Å². The largest absolute Gasteiger partial charge is 0.399 e. The van der Waals surface area contributed by atoms with E-state index < -0.39 is 0 Å². The molecule has 1 aromatic rings. The van der Waals surface area contributed by atoms with Crippen LogP contribution in [0, 0.1) is 0 Å². The molecule has 1 aliphatic rings. The van der Waals surface area contributed by atoms with Gasteiger partial charge in [0.15, 0.2) is 0 Å². The van der Waals surface area contributed by atoms with Crippen molar-refractivity contribution in [3.8, 4) is 0 Å². The van der Waals surface area contributed by atoms with E-state index in [1.54, 1.807) is 19.2 Å². The lowest BCUT2D eigenvalue weighted by molar-refractivity contribution is 0.0963. The highest BCUT2D eigenvalue weighted by Crippen LogP contribution is 2.27. The molecule has 1 heterocycles. The van der Waals surface area contributed by atoms with Gasteiger partial charge in [-0.15, -0.1) is 0 Å². The van der Waals surface area contributed by atoms with Gasteiger partial charge in [-0.05, 0) is 44.6 Å². The van der Waals surface area contributed by atoms with Gasteiger partial charge in [-0.2, -0.15) is 0 Å². The van der Waals surface area contributed by atoms with Gasteiger partial charge in [0.2, 0.25) is 0 Å². The fraction of sp³-hybridized carbons (Fsp3) is 0.533. The van der Waals surface area contributed by atoms with E-state index in [0.717, 1.165) is 25.2 Å². The summed E-state index contributed by atoms with van der Waals surface area (Å²) in [5.74, 6) is -0.0731. The quantitative estimate of drug-likeness (QED) is 0.813. The second kappa shape index (κ2) is 6.13. The van der Waals surface area contributed by atoms with Crippen LogP contribution in [0.4, 0.5) is 11.4 Å². The molecule has 110 valence electrons. The number of nitrogens with one attached hydrogen (secondary N) is 1. The molecule has 5 nitrogen and oxygen atoms in total. The SMILES string of the molecule is CNC(=O)c1ccc(N)cc1N(C)C1CCCN(C)C1. The number of nitrogens with two attached hydrogens (primary N) is 1. The molecular formula is C15H24N4O. The maximum atomic E-state index is 12.0. The summed E-state index contributed by atoms with van der Waals surface area (Å²) in [7, 11) is 5.83. The molecule has 0 bridgehead atoms. The van der Waals surface area contributed by atoms with E-state index in [2.05, 4.69) is 22.2 Å². The van der Waals surface area contributed by atoms with Crippen molar-refractivity contribution in [2.24, 2.45) is 0 Å². The summed E-state index contributed by atoms with van der Waals surface area (Å²) in [5.41, 5.74) is 8.16. The van der Waals surface area contributed by atoms with Crippen molar-refractivity contribution in [3.05, 3.63) is 23.8 Å². The summed E-state index contributed by atoms with van der Waals surface area (Å²) >= 11 is 0. The molecule has 3 N–H and O–H groups in total. The summed E-state index contributed by atoms with van der Waals surface area (Å²) in [6.07, 6.45) is 2.33. The summed E-state index contributed by atoms with van der Waals surface area (Å²) in [6.45, 7) is 2.15. The fourth-order valence-electron chi connectivity index (χ4n) is 2.82. The Morgan fingerprint density at radius 3 is 2.90 bits per heavy atom. The summed E-state index contributed by atoms with van der Waals surface area (Å²) in [4.78, 5) is 16.5. The second-order valence-corrected chi connectivity index (χ2v) is 5.52. The average molecular weight is 276 g/mol. The molecule has 1 fully saturated rings. The number of anilines is 2. The first kappa shape index (κ1) is 14.7. The minimum atomic E-state index is -0.0731. The van der Waals surface area contributed by atoms with Gasteiger partial charge in [0.1, 0.15) is 0 Å². The number of piperidine rings is 1. The van der Waals surface area contributed by atoms with Crippen LogP contribution in [0.15, 0.2) is 18.2 Å². The zero-order valence-corrected chi connectivity index (χ0v) is 12.5. The van der Waals surface area contributed by atoms with Crippen molar-refractivity contribution in [3.63, 3.8) is 0 Å². The number of carbonyl (C=O) groups is 1. The molecular weight excluding hydrogens is 252 g/mol. The van der Waals surface area contributed by atoms with E-state index in [9.17, 15) is 4.79 Å². The molecule has 1 unspecified atom stereocenters. The van der Waals surface area contributed by atoms with Crippen LogP contribution in [0.3, 0.4) is 0 Å². The molecule has 0 spiro atoms. The molecule has 1 atom stereocenters. The van der Waals surface area contributed by atoms with Crippen molar-refractivity contribution in [1.82, 2.24) is 10.2 Å². The van der Waals surface area contributed by atoms with E-state index in [0.29, 0.717) is 17.3 Å². The molecule has 0 radical (unpaired) electrons. The van der Waals surface area contributed by atoms with Crippen LogP contribution < -0.4 is 16.0 Å². The highest BCUT2D eigenvalue weighted by Gasteiger charge is 2.24. The van der Waals surface area contributed by atoms with Gasteiger partial charge in [0, 0.05) is 32.4 Å². The normalized spacial score (nSPS) is 19.6. The van der Waals surface area contributed by atoms with Crippen LogP contribution in [0.5, 0.6) is 0 Å². The third-order valence-corrected chi connectivity index (χ3v) is 4.02. The number of likely N-dealkylation sites (N-methyl/N-ethyl adjacent to an activating group) is 2. The summed E-state index contributed by atoms with van der Waals surface area (Å²) in [6, 6.07) is 5.87. The van der Waals surface area contributed by atoms with Gasteiger partial charge in [-0.3, -0.25) is 4.79 Å². The Bertz CT molecular complexity index is 489. The van der Waals surface area contributed by atoms with Gasteiger partial charge < -0.3 is 20.9 Å². The Hall–Kier alpha value is -1.75. The number of carbonyl (C=O) groups excluding carboxylic acids is 1. The minimum Gasteiger partial charge on any atom is -0.399 e. The molecule has 1 amide bonds. The predicted molar refractivity (Wildman–Crippen MR) is 83.2 cm³/mol. The summed E-state index contributed by atoms with van der Waals surface area (Å²) in [5, 5.41) is 2.69. The molecule has 5 heteroatoms. The number of amides is 1. The number of hydrogen-bond donors (Lipinski definition) is 2.